The number of alkyl halides is 3. The highest BCUT2D eigenvalue weighted by atomic mass is 19.4. The van der Waals surface area contributed by atoms with Crippen LogP contribution in [0.4, 0.5) is 18.0 Å². The van der Waals surface area contributed by atoms with Crippen LogP contribution >= 0.6 is 0 Å². The summed E-state index contributed by atoms with van der Waals surface area (Å²) in [5.41, 5.74) is 0. The summed E-state index contributed by atoms with van der Waals surface area (Å²) in [5, 5.41) is 13.9. The van der Waals surface area contributed by atoms with Crippen LogP contribution in [-0.4, -0.2) is 49.6 Å². The molecule has 21 heavy (non-hydrogen) atoms. The van der Waals surface area contributed by atoms with E-state index in [1.54, 1.807) is 0 Å². The Labute approximate surface area is 120 Å². The summed E-state index contributed by atoms with van der Waals surface area (Å²) in [4.78, 5) is 22.3. The molecule has 0 aromatic rings. The summed E-state index contributed by atoms with van der Waals surface area (Å²) < 4.78 is 39.6. The summed E-state index contributed by atoms with van der Waals surface area (Å²) in [6, 6.07) is -0.540. The number of amides is 2. The van der Waals surface area contributed by atoms with Crippen LogP contribution in [0.5, 0.6) is 0 Å². The van der Waals surface area contributed by atoms with E-state index in [2.05, 4.69) is 15.4 Å². The topological polar surface area (TPSA) is 87.7 Å². The minimum atomic E-state index is -4.38. The molecule has 0 spiro atoms. The van der Waals surface area contributed by atoms with Crippen LogP contribution in [-0.2, 0) is 9.53 Å². The highest BCUT2D eigenvalue weighted by Crippen LogP contribution is 2.31. The van der Waals surface area contributed by atoms with E-state index in [4.69, 9.17) is 5.11 Å². The molecule has 0 aliphatic heterocycles. The Morgan fingerprint density at radius 3 is 2.57 bits per heavy atom. The van der Waals surface area contributed by atoms with Crippen molar-refractivity contribution in [2.75, 3.05) is 26.3 Å². The Balaban J connectivity index is 2.10. The van der Waals surface area contributed by atoms with E-state index in [0.29, 0.717) is 6.42 Å². The first kappa shape index (κ1) is 17.5. The van der Waals surface area contributed by atoms with Gasteiger partial charge in [-0.15, -0.1) is 0 Å². The number of rotatable bonds is 7. The van der Waals surface area contributed by atoms with Gasteiger partial charge in [0.15, 0.2) is 0 Å². The number of halogens is 3. The molecule has 0 aromatic heterocycles. The zero-order chi connectivity index (χ0) is 15.9. The Hall–Kier alpha value is -1.51. The number of carboxylic acids is 1. The van der Waals surface area contributed by atoms with Crippen molar-refractivity contribution in [3.8, 4) is 0 Å². The molecule has 122 valence electrons. The lowest BCUT2D eigenvalue weighted by atomic mass is 9.96. The zero-order valence-electron chi connectivity index (χ0n) is 11.4. The van der Waals surface area contributed by atoms with Crippen LogP contribution in [0, 0.1) is 11.8 Å². The van der Waals surface area contributed by atoms with Crippen molar-refractivity contribution in [1.29, 1.82) is 0 Å². The second kappa shape index (κ2) is 8.06. The molecule has 3 N–H and O–H groups in total. The molecule has 1 saturated carbocycles. The number of hydrogen-bond donors (Lipinski definition) is 3. The molecular formula is C12H19F3N2O4. The smallest absolute Gasteiger partial charge is 0.411 e. The minimum Gasteiger partial charge on any atom is -0.481 e. The molecule has 0 heterocycles. The van der Waals surface area contributed by atoms with Gasteiger partial charge >= 0.3 is 18.2 Å². The summed E-state index contributed by atoms with van der Waals surface area (Å²) in [6.45, 7) is -1.39. The Bertz CT molecular complexity index is 363. The highest BCUT2D eigenvalue weighted by Gasteiger charge is 2.32. The van der Waals surface area contributed by atoms with Gasteiger partial charge in [0.2, 0.25) is 0 Å². The predicted octanol–water partition coefficient (Wildman–Crippen LogP) is 1.37. The fourth-order valence-electron chi connectivity index (χ4n) is 2.32. The molecule has 0 radical (unpaired) electrons. The maximum atomic E-state index is 11.8. The number of aliphatic carboxylic acids is 1. The van der Waals surface area contributed by atoms with E-state index in [-0.39, 0.29) is 25.6 Å². The van der Waals surface area contributed by atoms with Crippen molar-refractivity contribution in [3.63, 3.8) is 0 Å². The second-order valence-electron chi connectivity index (χ2n) is 4.94. The lowest BCUT2D eigenvalue weighted by Gasteiger charge is -2.16. The number of hydrogen-bond acceptors (Lipinski definition) is 3. The van der Waals surface area contributed by atoms with Gasteiger partial charge in [0.25, 0.3) is 0 Å². The highest BCUT2D eigenvalue weighted by molar-refractivity contribution is 5.74. The Kier molecular flexibility index (Phi) is 6.73. The molecule has 1 aliphatic rings. The van der Waals surface area contributed by atoms with Crippen LogP contribution in [0.1, 0.15) is 19.3 Å². The zero-order valence-corrected chi connectivity index (χ0v) is 11.4. The first-order chi connectivity index (χ1) is 9.79. The van der Waals surface area contributed by atoms with E-state index in [1.807, 2.05) is 0 Å². The molecule has 9 heteroatoms. The quantitative estimate of drug-likeness (QED) is 0.620. The average Bonchev–Trinajstić information content (AvgIpc) is 2.83. The largest absolute Gasteiger partial charge is 0.481 e. The normalized spacial score (nSPS) is 22.0. The van der Waals surface area contributed by atoms with E-state index >= 15 is 0 Å². The molecule has 1 fully saturated rings. The number of carboxylic acid groups (broad SMARTS) is 1. The minimum absolute atomic E-state index is 0.0467. The SMILES string of the molecule is O=C(NCCOCC(F)(F)F)NCC1CCCC1C(=O)O. The third kappa shape index (κ3) is 7.16. The summed E-state index contributed by atoms with van der Waals surface area (Å²) in [7, 11) is 0. The van der Waals surface area contributed by atoms with Crippen molar-refractivity contribution in [2.24, 2.45) is 11.8 Å². The van der Waals surface area contributed by atoms with Crippen LogP contribution in [0.3, 0.4) is 0 Å². The third-order valence-corrected chi connectivity index (χ3v) is 3.30. The molecule has 0 saturated heterocycles. The first-order valence-corrected chi connectivity index (χ1v) is 6.68. The van der Waals surface area contributed by atoms with Gasteiger partial charge in [0.05, 0.1) is 12.5 Å². The van der Waals surface area contributed by atoms with Crippen molar-refractivity contribution < 1.29 is 32.6 Å². The van der Waals surface area contributed by atoms with Crippen LogP contribution < -0.4 is 10.6 Å². The van der Waals surface area contributed by atoms with Gasteiger partial charge < -0.3 is 20.5 Å². The van der Waals surface area contributed by atoms with E-state index in [1.165, 1.54) is 0 Å². The van der Waals surface area contributed by atoms with Gasteiger partial charge in [-0.25, -0.2) is 4.79 Å². The van der Waals surface area contributed by atoms with Crippen LogP contribution in [0.25, 0.3) is 0 Å². The van der Waals surface area contributed by atoms with Gasteiger partial charge in [-0.2, -0.15) is 13.2 Å². The molecule has 0 aromatic carbocycles. The lowest BCUT2D eigenvalue weighted by Crippen LogP contribution is -2.41. The molecule has 6 nitrogen and oxygen atoms in total. The van der Waals surface area contributed by atoms with Crippen molar-refractivity contribution in [1.82, 2.24) is 10.6 Å². The molecule has 1 rings (SSSR count). The Morgan fingerprint density at radius 2 is 1.95 bits per heavy atom. The third-order valence-electron chi connectivity index (χ3n) is 3.30. The first-order valence-electron chi connectivity index (χ1n) is 6.68. The predicted molar refractivity (Wildman–Crippen MR) is 66.7 cm³/mol. The van der Waals surface area contributed by atoms with Gasteiger partial charge in [-0.05, 0) is 18.8 Å². The fraction of sp³-hybridized carbons (Fsp3) is 0.833. The van der Waals surface area contributed by atoms with Crippen molar-refractivity contribution >= 4 is 12.0 Å². The summed E-state index contributed by atoms with van der Waals surface area (Å²) in [5.74, 6) is -1.41. The number of carbonyl (C=O) groups excluding carboxylic acids is 1. The second-order valence-corrected chi connectivity index (χ2v) is 4.94. The number of carbonyl (C=O) groups is 2. The average molecular weight is 312 g/mol. The van der Waals surface area contributed by atoms with Gasteiger partial charge in [-0.3, -0.25) is 4.79 Å². The molecule has 2 atom stereocenters. The van der Waals surface area contributed by atoms with E-state index in [9.17, 15) is 22.8 Å². The number of urea groups is 1. The maximum absolute atomic E-state index is 11.8. The van der Waals surface area contributed by atoms with Crippen LogP contribution in [0.2, 0.25) is 0 Å². The summed E-state index contributed by atoms with van der Waals surface area (Å²) >= 11 is 0. The standard InChI is InChI=1S/C12H19F3N2O4/c13-12(14,15)7-21-5-4-16-11(20)17-6-8-2-1-3-9(8)10(18)19/h8-9H,1-7H2,(H,18,19)(H2,16,17,20). The molecule has 0 bridgehead atoms. The lowest BCUT2D eigenvalue weighted by molar-refractivity contribution is -0.173. The number of ether oxygens (including phenoxy) is 1. The van der Waals surface area contributed by atoms with Crippen LogP contribution in [0.15, 0.2) is 0 Å². The van der Waals surface area contributed by atoms with Gasteiger partial charge in [-0.1, -0.05) is 6.42 Å². The van der Waals surface area contributed by atoms with E-state index in [0.717, 1.165) is 12.8 Å². The monoisotopic (exact) mass is 312 g/mol. The van der Waals surface area contributed by atoms with E-state index < -0.39 is 30.7 Å². The summed E-state index contributed by atoms with van der Waals surface area (Å²) in [6.07, 6.45) is -2.21. The molecular weight excluding hydrogens is 293 g/mol. The fourth-order valence-corrected chi connectivity index (χ4v) is 2.32. The maximum Gasteiger partial charge on any atom is 0.411 e. The Morgan fingerprint density at radius 1 is 1.24 bits per heavy atom. The van der Waals surface area contributed by atoms with Crippen molar-refractivity contribution in [2.45, 2.75) is 25.4 Å². The molecule has 2 unspecified atom stereocenters. The van der Waals surface area contributed by atoms with Gasteiger partial charge in [0.1, 0.15) is 6.61 Å². The molecule has 1 aliphatic carbocycles. The number of nitrogens with one attached hydrogen (secondary N) is 2. The molecule has 2 amide bonds. The van der Waals surface area contributed by atoms with Crippen molar-refractivity contribution in [3.05, 3.63) is 0 Å². The van der Waals surface area contributed by atoms with Gasteiger partial charge in [0, 0.05) is 13.1 Å².